The standard InChI is InChI=1S/C9H14N4OS/c1-13-6-4-7(12-13)9(14)11-5-2-3-8(10)15/h4,6H,2-3,5H2,1H3,(H2,10,15)(H,11,14). The Labute approximate surface area is 93.6 Å². The van der Waals surface area contributed by atoms with Crippen LogP contribution in [0.1, 0.15) is 23.3 Å². The van der Waals surface area contributed by atoms with Gasteiger partial charge in [-0.1, -0.05) is 12.2 Å². The highest BCUT2D eigenvalue weighted by Gasteiger charge is 2.06. The van der Waals surface area contributed by atoms with Crippen molar-refractivity contribution in [1.82, 2.24) is 15.1 Å². The molecule has 6 heteroatoms. The van der Waals surface area contributed by atoms with Crippen LogP contribution in [0.5, 0.6) is 0 Å². The number of thiocarbonyl (C=S) groups is 1. The first-order valence-corrected chi connectivity index (χ1v) is 5.06. The molecule has 0 fully saturated rings. The zero-order valence-electron chi connectivity index (χ0n) is 8.56. The first-order valence-electron chi connectivity index (χ1n) is 4.66. The van der Waals surface area contributed by atoms with E-state index in [1.54, 1.807) is 24.0 Å². The Morgan fingerprint density at radius 1 is 1.73 bits per heavy atom. The highest BCUT2D eigenvalue weighted by Crippen LogP contribution is 1.94. The molecule has 0 spiro atoms. The maximum Gasteiger partial charge on any atom is 0.271 e. The molecule has 0 bridgehead atoms. The second-order valence-electron chi connectivity index (χ2n) is 3.20. The highest BCUT2D eigenvalue weighted by atomic mass is 32.1. The predicted octanol–water partition coefficient (Wildman–Crippen LogP) is 0.216. The van der Waals surface area contributed by atoms with Crippen molar-refractivity contribution < 1.29 is 4.79 Å². The minimum absolute atomic E-state index is 0.168. The molecular formula is C9H14N4OS. The molecule has 1 rings (SSSR count). The smallest absolute Gasteiger partial charge is 0.271 e. The van der Waals surface area contributed by atoms with E-state index in [0.29, 0.717) is 23.6 Å². The molecule has 1 amide bonds. The lowest BCUT2D eigenvalue weighted by molar-refractivity contribution is 0.0947. The van der Waals surface area contributed by atoms with E-state index in [9.17, 15) is 4.79 Å². The van der Waals surface area contributed by atoms with Gasteiger partial charge in [-0.2, -0.15) is 5.10 Å². The van der Waals surface area contributed by atoms with Gasteiger partial charge >= 0.3 is 0 Å². The fourth-order valence-electron chi connectivity index (χ4n) is 1.09. The minimum atomic E-state index is -0.168. The molecule has 5 nitrogen and oxygen atoms in total. The van der Waals surface area contributed by atoms with Crippen LogP contribution in [0.25, 0.3) is 0 Å². The fourth-order valence-corrected chi connectivity index (χ4v) is 1.24. The van der Waals surface area contributed by atoms with Gasteiger partial charge in [0.25, 0.3) is 5.91 Å². The number of aromatic nitrogens is 2. The molecule has 0 saturated carbocycles. The second-order valence-corrected chi connectivity index (χ2v) is 3.72. The molecule has 0 unspecified atom stereocenters. The van der Waals surface area contributed by atoms with Gasteiger partial charge in [0.1, 0.15) is 5.69 Å². The molecule has 82 valence electrons. The molecule has 1 aromatic rings. The van der Waals surface area contributed by atoms with Crippen LogP contribution in [-0.2, 0) is 7.05 Å². The zero-order valence-corrected chi connectivity index (χ0v) is 9.38. The fraction of sp³-hybridized carbons (Fsp3) is 0.444. The summed E-state index contributed by atoms with van der Waals surface area (Å²) in [7, 11) is 1.77. The van der Waals surface area contributed by atoms with E-state index in [2.05, 4.69) is 10.4 Å². The molecule has 0 saturated heterocycles. The number of hydrogen-bond donors (Lipinski definition) is 2. The summed E-state index contributed by atoms with van der Waals surface area (Å²) < 4.78 is 1.59. The SMILES string of the molecule is Cn1ccc(C(=O)NCCCC(N)=S)n1. The lowest BCUT2D eigenvalue weighted by Gasteiger charge is -2.01. The van der Waals surface area contributed by atoms with Gasteiger partial charge in [0.2, 0.25) is 0 Å². The number of amides is 1. The first-order chi connectivity index (χ1) is 7.09. The summed E-state index contributed by atoms with van der Waals surface area (Å²) in [6.45, 7) is 0.562. The van der Waals surface area contributed by atoms with Gasteiger partial charge in [-0.15, -0.1) is 0 Å². The quantitative estimate of drug-likeness (QED) is 0.556. The average molecular weight is 226 g/mol. The van der Waals surface area contributed by atoms with E-state index in [0.717, 1.165) is 6.42 Å². The number of nitrogens with two attached hydrogens (primary N) is 1. The number of hydrogen-bond acceptors (Lipinski definition) is 3. The Kier molecular flexibility index (Phi) is 4.23. The van der Waals surface area contributed by atoms with E-state index < -0.39 is 0 Å². The largest absolute Gasteiger partial charge is 0.393 e. The van der Waals surface area contributed by atoms with Crippen molar-refractivity contribution in [1.29, 1.82) is 0 Å². The molecule has 0 atom stereocenters. The third-order valence-corrected chi connectivity index (χ3v) is 2.04. The number of rotatable bonds is 5. The maximum absolute atomic E-state index is 11.5. The summed E-state index contributed by atoms with van der Waals surface area (Å²) in [5.41, 5.74) is 5.75. The summed E-state index contributed by atoms with van der Waals surface area (Å²) in [6, 6.07) is 1.67. The number of carbonyl (C=O) groups excluding carboxylic acids is 1. The molecule has 0 aromatic carbocycles. The Morgan fingerprint density at radius 2 is 2.47 bits per heavy atom. The van der Waals surface area contributed by atoms with E-state index in [1.165, 1.54) is 0 Å². The van der Waals surface area contributed by atoms with E-state index >= 15 is 0 Å². The third kappa shape index (κ3) is 4.07. The predicted molar refractivity (Wildman–Crippen MR) is 61.6 cm³/mol. The lowest BCUT2D eigenvalue weighted by Crippen LogP contribution is -2.25. The summed E-state index contributed by atoms with van der Waals surface area (Å²) in [4.78, 5) is 11.9. The van der Waals surface area contributed by atoms with Crippen molar-refractivity contribution >= 4 is 23.1 Å². The van der Waals surface area contributed by atoms with Crippen LogP contribution in [0, 0.1) is 0 Å². The Hall–Kier alpha value is -1.43. The van der Waals surface area contributed by atoms with Crippen LogP contribution in [0.15, 0.2) is 12.3 Å². The molecule has 0 aliphatic carbocycles. The maximum atomic E-state index is 11.5. The van der Waals surface area contributed by atoms with Gasteiger partial charge in [0.15, 0.2) is 0 Å². The first kappa shape index (κ1) is 11.6. The van der Waals surface area contributed by atoms with Gasteiger partial charge in [-0.3, -0.25) is 9.48 Å². The minimum Gasteiger partial charge on any atom is -0.393 e. The van der Waals surface area contributed by atoms with Gasteiger partial charge in [0, 0.05) is 19.8 Å². The van der Waals surface area contributed by atoms with Crippen LogP contribution in [-0.4, -0.2) is 27.2 Å². The molecule has 3 N–H and O–H groups in total. The molecule has 15 heavy (non-hydrogen) atoms. The van der Waals surface area contributed by atoms with Crippen molar-refractivity contribution in [3.8, 4) is 0 Å². The van der Waals surface area contributed by atoms with Crippen LogP contribution in [0.4, 0.5) is 0 Å². The highest BCUT2D eigenvalue weighted by molar-refractivity contribution is 7.80. The van der Waals surface area contributed by atoms with Gasteiger partial charge in [-0.05, 0) is 18.9 Å². The van der Waals surface area contributed by atoms with Crippen LogP contribution >= 0.6 is 12.2 Å². The molecule has 1 aromatic heterocycles. The van der Waals surface area contributed by atoms with Crippen LogP contribution < -0.4 is 11.1 Å². The zero-order chi connectivity index (χ0) is 11.3. The summed E-state index contributed by atoms with van der Waals surface area (Å²) in [5, 5.41) is 6.72. The van der Waals surface area contributed by atoms with Crippen molar-refractivity contribution in [2.75, 3.05) is 6.54 Å². The molecule has 0 aliphatic heterocycles. The summed E-state index contributed by atoms with van der Waals surface area (Å²) in [5.74, 6) is -0.168. The topological polar surface area (TPSA) is 72.9 Å². The van der Waals surface area contributed by atoms with Gasteiger partial charge < -0.3 is 11.1 Å². The van der Waals surface area contributed by atoms with Gasteiger partial charge in [-0.25, -0.2) is 0 Å². The number of carbonyl (C=O) groups is 1. The molecule has 0 radical (unpaired) electrons. The van der Waals surface area contributed by atoms with Crippen molar-refractivity contribution in [2.45, 2.75) is 12.8 Å². The Bertz CT molecular complexity index is 361. The normalized spacial score (nSPS) is 9.93. The molecule has 1 heterocycles. The van der Waals surface area contributed by atoms with E-state index in [-0.39, 0.29) is 5.91 Å². The summed E-state index contributed by atoms with van der Waals surface area (Å²) in [6.07, 6.45) is 3.13. The van der Waals surface area contributed by atoms with Crippen LogP contribution in [0.3, 0.4) is 0 Å². The summed E-state index contributed by atoms with van der Waals surface area (Å²) >= 11 is 4.72. The Balaban J connectivity index is 2.28. The van der Waals surface area contributed by atoms with Crippen molar-refractivity contribution in [3.63, 3.8) is 0 Å². The van der Waals surface area contributed by atoms with Gasteiger partial charge in [0.05, 0.1) is 4.99 Å². The number of nitrogens with one attached hydrogen (secondary N) is 1. The molecule has 0 aliphatic rings. The Morgan fingerprint density at radius 3 is 3.00 bits per heavy atom. The van der Waals surface area contributed by atoms with E-state index in [4.69, 9.17) is 18.0 Å². The van der Waals surface area contributed by atoms with Crippen molar-refractivity contribution in [2.24, 2.45) is 12.8 Å². The third-order valence-electron chi connectivity index (χ3n) is 1.83. The van der Waals surface area contributed by atoms with Crippen molar-refractivity contribution in [3.05, 3.63) is 18.0 Å². The number of nitrogens with zero attached hydrogens (tertiary/aromatic N) is 2. The average Bonchev–Trinajstić information content (AvgIpc) is 2.59. The van der Waals surface area contributed by atoms with E-state index in [1.807, 2.05) is 0 Å². The van der Waals surface area contributed by atoms with Crippen LogP contribution in [0.2, 0.25) is 0 Å². The lowest BCUT2D eigenvalue weighted by atomic mass is 10.3. The molecular weight excluding hydrogens is 212 g/mol. The number of aryl methyl sites for hydroxylation is 1. The monoisotopic (exact) mass is 226 g/mol. The second kappa shape index (κ2) is 5.45.